The van der Waals surface area contributed by atoms with E-state index in [1.165, 1.54) is 0 Å². The zero-order chi connectivity index (χ0) is 19.1. The third-order valence-corrected chi connectivity index (χ3v) is 7.69. The third-order valence-electron chi connectivity index (χ3n) is 4.93. The van der Waals surface area contributed by atoms with E-state index in [-0.39, 0.29) is 5.25 Å². The standard InChI is InChI=1S/C18H20N6O2S2/c25-28(26,13-1-2-13)24-15-9-11(3-7-20-15)17-22-14-5-8-27-16(14)18(23-17)21-12-4-6-19-10-12/h3,5,7-9,12-13,19H,1-2,4,6,10H2,(H,20,24)(H,21,22,23)/t12-/m1/s1. The number of nitrogens with zero attached hydrogens (tertiary/aromatic N) is 3. The van der Waals surface area contributed by atoms with Crippen molar-refractivity contribution in [1.29, 1.82) is 0 Å². The number of aromatic nitrogens is 3. The highest BCUT2D eigenvalue weighted by Crippen LogP contribution is 2.32. The van der Waals surface area contributed by atoms with Gasteiger partial charge in [0.1, 0.15) is 11.6 Å². The second kappa shape index (κ2) is 6.94. The maximum Gasteiger partial charge on any atom is 0.236 e. The third kappa shape index (κ3) is 3.54. The Hall–Kier alpha value is -2.30. The fourth-order valence-electron chi connectivity index (χ4n) is 3.29. The molecule has 0 aromatic carbocycles. The van der Waals surface area contributed by atoms with E-state index in [9.17, 15) is 8.42 Å². The van der Waals surface area contributed by atoms with Gasteiger partial charge in [-0.25, -0.2) is 23.4 Å². The number of nitrogens with one attached hydrogen (secondary N) is 3. The molecule has 2 fully saturated rings. The van der Waals surface area contributed by atoms with Gasteiger partial charge < -0.3 is 10.6 Å². The number of fused-ring (bicyclic) bond motifs is 1. The molecular formula is C18H20N6O2S2. The molecule has 3 N–H and O–H groups in total. The molecule has 0 spiro atoms. The molecule has 4 heterocycles. The number of thiophene rings is 1. The second-order valence-electron chi connectivity index (χ2n) is 7.14. The summed E-state index contributed by atoms with van der Waals surface area (Å²) in [6.07, 6.45) is 4.04. The van der Waals surface area contributed by atoms with E-state index in [1.807, 2.05) is 11.4 Å². The molecule has 8 nitrogen and oxygen atoms in total. The van der Waals surface area contributed by atoms with Gasteiger partial charge in [0.05, 0.1) is 15.5 Å². The van der Waals surface area contributed by atoms with Crippen LogP contribution in [0.2, 0.25) is 0 Å². The summed E-state index contributed by atoms with van der Waals surface area (Å²) in [5.41, 5.74) is 1.60. The van der Waals surface area contributed by atoms with Crippen molar-refractivity contribution in [3.63, 3.8) is 0 Å². The van der Waals surface area contributed by atoms with Crippen LogP contribution in [0.3, 0.4) is 0 Å². The summed E-state index contributed by atoms with van der Waals surface area (Å²) in [4.78, 5) is 13.6. The van der Waals surface area contributed by atoms with Crippen LogP contribution in [0.25, 0.3) is 21.6 Å². The number of hydrogen-bond acceptors (Lipinski definition) is 8. The van der Waals surface area contributed by atoms with Crippen LogP contribution in [0, 0.1) is 0 Å². The van der Waals surface area contributed by atoms with Crippen molar-refractivity contribution in [2.75, 3.05) is 23.1 Å². The first-order valence-electron chi connectivity index (χ1n) is 9.29. The zero-order valence-corrected chi connectivity index (χ0v) is 16.7. The summed E-state index contributed by atoms with van der Waals surface area (Å²) >= 11 is 1.61. The Bertz CT molecular complexity index is 1120. The highest BCUT2D eigenvalue weighted by Gasteiger charge is 2.36. The quantitative estimate of drug-likeness (QED) is 0.566. The van der Waals surface area contributed by atoms with Crippen LogP contribution in [0.15, 0.2) is 29.8 Å². The molecule has 146 valence electrons. The van der Waals surface area contributed by atoms with Crippen molar-refractivity contribution < 1.29 is 8.42 Å². The van der Waals surface area contributed by atoms with Gasteiger partial charge >= 0.3 is 0 Å². The van der Waals surface area contributed by atoms with Crippen LogP contribution in [0.5, 0.6) is 0 Å². The Labute approximate surface area is 166 Å². The van der Waals surface area contributed by atoms with E-state index in [2.05, 4.69) is 25.3 Å². The lowest BCUT2D eigenvalue weighted by Crippen LogP contribution is -2.22. The lowest BCUT2D eigenvalue weighted by molar-refractivity contribution is 0.600. The summed E-state index contributed by atoms with van der Waals surface area (Å²) in [7, 11) is -3.36. The fourth-order valence-corrected chi connectivity index (χ4v) is 5.40. The second-order valence-corrected chi connectivity index (χ2v) is 10.0. The van der Waals surface area contributed by atoms with E-state index in [1.54, 1.807) is 29.7 Å². The topological polar surface area (TPSA) is 109 Å². The molecule has 1 saturated heterocycles. The summed E-state index contributed by atoms with van der Waals surface area (Å²) in [6, 6.07) is 5.80. The van der Waals surface area contributed by atoms with Crippen molar-refractivity contribution in [2.24, 2.45) is 0 Å². The van der Waals surface area contributed by atoms with Crippen LogP contribution < -0.4 is 15.4 Å². The summed E-state index contributed by atoms with van der Waals surface area (Å²) in [5, 5.41) is 8.58. The molecule has 0 radical (unpaired) electrons. The van der Waals surface area contributed by atoms with Crippen LogP contribution in [0.4, 0.5) is 11.6 Å². The van der Waals surface area contributed by atoms with Gasteiger partial charge in [-0.3, -0.25) is 4.72 Å². The van der Waals surface area contributed by atoms with Crippen LogP contribution in [-0.4, -0.2) is 47.8 Å². The maximum absolute atomic E-state index is 12.2. The molecular weight excluding hydrogens is 396 g/mol. The minimum absolute atomic E-state index is 0.299. The fraction of sp³-hybridized carbons (Fsp3) is 0.389. The monoisotopic (exact) mass is 416 g/mol. The Kier molecular flexibility index (Phi) is 4.41. The van der Waals surface area contributed by atoms with Gasteiger partial charge in [0.15, 0.2) is 5.82 Å². The van der Waals surface area contributed by atoms with Gasteiger partial charge in [0.2, 0.25) is 10.0 Å². The molecule has 5 rings (SSSR count). The van der Waals surface area contributed by atoms with Crippen LogP contribution >= 0.6 is 11.3 Å². The average molecular weight is 417 g/mol. The van der Waals surface area contributed by atoms with Crippen molar-refractivity contribution >= 4 is 43.2 Å². The molecule has 0 amide bonds. The molecule has 1 atom stereocenters. The Morgan fingerprint density at radius 2 is 2.07 bits per heavy atom. The molecule has 2 aliphatic rings. The SMILES string of the molecule is O=S(=O)(Nc1cc(-c2nc(N[C@@H]3CCNC3)c3sccc3n2)ccn1)C1CC1. The summed E-state index contributed by atoms with van der Waals surface area (Å²) < 4.78 is 28.0. The lowest BCUT2D eigenvalue weighted by atomic mass is 10.2. The highest BCUT2D eigenvalue weighted by atomic mass is 32.2. The van der Waals surface area contributed by atoms with E-state index in [4.69, 9.17) is 4.98 Å². The largest absolute Gasteiger partial charge is 0.365 e. The first kappa shape index (κ1) is 17.8. The Morgan fingerprint density at radius 3 is 2.86 bits per heavy atom. The molecule has 1 aliphatic carbocycles. The first-order valence-corrected chi connectivity index (χ1v) is 11.7. The minimum Gasteiger partial charge on any atom is -0.365 e. The smallest absolute Gasteiger partial charge is 0.236 e. The highest BCUT2D eigenvalue weighted by molar-refractivity contribution is 7.93. The van der Waals surface area contributed by atoms with E-state index in [0.29, 0.717) is 30.5 Å². The van der Waals surface area contributed by atoms with E-state index < -0.39 is 10.0 Å². The van der Waals surface area contributed by atoms with Crippen molar-refractivity contribution in [1.82, 2.24) is 20.3 Å². The molecule has 0 bridgehead atoms. The molecule has 3 aromatic heterocycles. The number of sulfonamides is 1. The van der Waals surface area contributed by atoms with Crippen LogP contribution in [-0.2, 0) is 10.0 Å². The lowest BCUT2D eigenvalue weighted by Gasteiger charge is -2.14. The van der Waals surface area contributed by atoms with E-state index >= 15 is 0 Å². The summed E-state index contributed by atoms with van der Waals surface area (Å²) in [5.74, 6) is 1.67. The summed E-state index contributed by atoms with van der Waals surface area (Å²) in [6.45, 7) is 1.91. The predicted molar refractivity (Wildman–Crippen MR) is 111 cm³/mol. The van der Waals surface area contributed by atoms with Crippen molar-refractivity contribution in [3.8, 4) is 11.4 Å². The Morgan fingerprint density at radius 1 is 1.18 bits per heavy atom. The number of anilines is 2. The van der Waals surface area contributed by atoms with E-state index in [0.717, 1.165) is 41.1 Å². The Balaban J connectivity index is 1.49. The van der Waals surface area contributed by atoms with Gasteiger partial charge in [-0.1, -0.05) is 0 Å². The van der Waals surface area contributed by atoms with Gasteiger partial charge in [-0.05, 0) is 49.4 Å². The molecule has 3 aromatic rings. The molecule has 0 unspecified atom stereocenters. The molecule has 1 aliphatic heterocycles. The van der Waals surface area contributed by atoms with Crippen LogP contribution in [0.1, 0.15) is 19.3 Å². The minimum atomic E-state index is -3.36. The number of hydrogen-bond donors (Lipinski definition) is 3. The van der Waals surface area contributed by atoms with Crippen molar-refractivity contribution in [3.05, 3.63) is 29.8 Å². The number of rotatable bonds is 6. The number of pyridine rings is 1. The van der Waals surface area contributed by atoms with Gasteiger partial charge in [0, 0.05) is 24.3 Å². The van der Waals surface area contributed by atoms with Gasteiger partial charge in [-0.2, -0.15) is 0 Å². The van der Waals surface area contributed by atoms with Crippen molar-refractivity contribution in [2.45, 2.75) is 30.6 Å². The normalized spacial score (nSPS) is 19.8. The predicted octanol–water partition coefficient (Wildman–Crippen LogP) is 2.43. The first-order chi connectivity index (χ1) is 13.6. The maximum atomic E-state index is 12.2. The molecule has 28 heavy (non-hydrogen) atoms. The molecule has 10 heteroatoms. The zero-order valence-electron chi connectivity index (χ0n) is 15.1. The van der Waals surface area contributed by atoms with Gasteiger partial charge in [0.25, 0.3) is 0 Å². The van der Waals surface area contributed by atoms with Gasteiger partial charge in [-0.15, -0.1) is 11.3 Å². The molecule has 1 saturated carbocycles. The average Bonchev–Trinajstić information content (AvgIpc) is 3.23.